The van der Waals surface area contributed by atoms with Crippen LogP contribution in [0.4, 0.5) is 0 Å². The second kappa shape index (κ2) is 7.34. The molecular weight excluding hydrogens is 322 g/mol. The van der Waals surface area contributed by atoms with Crippen molar-refractivity contribution in [3.8, 4) is 11.1 Å². The monoisotopic (exact) mass is 347 g/mol. The molecule has 2 heterocycles. The molecule has 4 heteroatoms. The fourth-order valence-electron chi connectivity index (χ4n) is 3.66. The van der Waals surface area contributed by atoms with Crippen molar-refractivity contribution in [3.63, 3.8) is 0 Å². The van der Waals surface area contributed by atoms with E-state index < -0.39 is 0 Å². The fourth-order valence-corrected chi connectivity index (χ4v) is 3.66. The minimum absolute atomic E-state index is 0.0943. The molecule has 3 aromatic rings. The van der Waals surface area contributed by atoms with Gasteiger partial charge in [0.1, 0.15) is 0 Å². The highest BCUT2D eigenvalue weighted by atomic mass is 16.2. The van der Waals surface area contributed by atoms with Crippen molar-refractivity contribution in [1.29, 1.82) is 0 Å². The molecule has 0 spiro atoms. The summed E-state index contributed by atoms with van der Waals surface area (Å²) in [5.74, 6) is 0.0943. The van der Waals surface area contributed by atoms with Gasteiger partial charge in [-0.1, -0.05) is 18.2 Å². The van der Waals surface area contributed by atoms with Gasteiger partial charge >= 0.3 is 0 Å². The summed E-state index contributed by atoms with van der Waals surface area (Å²) in [6, 6.07) is 16.4. The molecule has 1 N–H and O–H groups in total. The van der Waals surface area contributed by atoms with Gasteiger partial charge in [-0.25, -0.2) is 0 Å². The van der Waals surface area contributed by atoms with Crippen molar-refractivity contribution in [1.82, 2.24) is 14.8 Å². The summed E-state index contributed by atoms with van der Waals surface area (Å²) >= 11 is 0. The van der Waals surface area contributed by atoms with Gasteiger partial charge in [-0.3, -0.25) is 4.79 Å². The standard InChI is InChI=1S/C22H25N3O/c1-24(14-15-25-12-2-3-13-25)22(26)18-6-4-17(5-7-18)19-8-9-21-20(16-19)10-11-23-21/h4-11,16,23H,2-3,12-15H2,1H3. The molecule has 1 aliphatic rings. The van der Waals surface area contributed by atoms with Crippen LogP contribution in [0.5, 0.6) is 0 Å². The SMILES string of the molecule is CN(CCN1CCCC1)C(=O)c1ccc(-c2ccc3[nH]ccc3c2)cc1. The van der Waals surface area contributed by atoms with Gasteiger partial charge < -0.3 is 14.8 Å². The number of carbonyl (C=O) groups excluding carboxylic acids is 1. The van der Waals surface area contributed by atoms with Crippen LogP contribution >= 0.6 is 0 Å². The topological polar surface area (TPSA) is 39.3 Å². The Morgan fingerprint density at radius 3 is 2.54 bits per heavy atom. The number of H-pyrrole nitrogens is 1. The lowest BCUT2D eigenvalue weighted by Gasteiger charge is -2.21. The first kappa shape index (κ1) is 16.9. The van der Waals surface area contributed by atoms with Gasteiger partial charge in [-0.15, -0.1) is 0 Å². The third-order valence-corrected chi connectivity index (χ3v) is 5.32. The second-order valence-electron chi connectivity index (χ2n) is 7.13. The molecule has 0 radical (unpaired) electrons. The predicted octanol–water partition coefficient (Wildman–Crippen LogP) is 4.00. The summed E-state index contributed by atoms with van der Waals surface area (Å²) in [7, 11) is 1.89. The van der Waals surface area contributed by atoms with E-state index in [9.17, 15) is 4.79 Å². The molecular formula is C22H25N3O. The van der Waals surface area contributed by atoms with E-state index in [0.717, 1.165) is 29.7 Å². The Bertz CT molecular complexity index is 891. The van der Waals surface area contributed by atoms with E-state index >= 15 is 0 Å². The van der Waals surface area contributed by atoms with Crippen molar-refractivity contribution in [2.45, 2.75) is 12.8 Å². The number of rotatable bonds is 5. The molecule has 0 atom stereocenters. The molecule has 4 rings (SSSR count). The summed E-state index contributed by atoms with van der Waals surface area (Å²) in [5.41, 5.74) is 4.18. The molecule has 1 amide bonds. The van der Waals surface area contributed by atoms with Crippen LogP contribution in [-0.4, -0.2) is 53.9 Å². The van der Waals surface area contributed by atoms with Crippen LogP contribution in [0.1, 0.15) is 23.2 Å². The largest absolute Gasteiger partial charge is 0.361 e. The third kappa shape index (κ3) is 3.51. The first-order valence-electron chi connectivity index (χ1n) is 9.36. The number of hydrogen-bond acceptors (Lipinski definition) is 2. The number of likely N-dealkylation sites (N-methyl/N-ethyl adjacent to an activating group) is 1. The second-order valence-corrected chi connectivity index (χ2v) is 7.13. The number of likely N-dealkylation sites (tertiary alicyclic amines) is 1. The minimum Gasteiger partial charge on any atom is -0.361 e. The highest BCUT2D eigenvalue weighted by molar-refractivity contribution is 5.94. The van der Waals surface area contributed by atoms with Crippen LogP contribution in [0.25, 0.3) is 22.0 Å². The van der Waals surface area contributed by atoms with E-state index in [4.69, 9.17) is 0 Å². The number of amides is 1. The minimum atomic E-state index is 0.0943. The normalized spacial score (nSPS) is 14.8. The van der Waals surface area contributed by atoms with Crippen LogP contribution in [0.2, 0.25) is 0 Å². The van der Waals surface area contributed by atoms with Crippen molar-refractivity contribution >= 4 is 16.8 Å². The Balaban J connectivity index is 1.43. The zero-order valence-electron chi connectivity index (χ0n) is 15.2. The number of carbonyl (C=O) groups is 1. The maximum absolute atomic E-state index is 12.6. The summed E-state index contributed by atoms with van der Waals surface area (Å²) in [6.07, 6.45) is 4.52. The molecule has 2 aromatic carbocycles. The van der Waals surface area contributed by atoms with Crippen LogP contribution in [0.3, 0.4) is 0 Å². The highest BCUT2D eigenvalue weighted by Gasteiger charge is 2.15. The molecule has 26 heavy (non-hydrogen) atoms. The Morgan fingerprint density at radius 1 is 1.04 bits per heavy atom. The molecule has 0 aliphatic carbocycles. The van der Waals surface area contributed by atoms with Crippen LogP contribution in [0, 0.1) is 0 Å². The number of nitrogens with zero attached hydrogens (tertiary/aromatic N) is 2. The van der Waals surface area contributed by atoms with Gasteiger partial charge in [-0.2, -0.15) is 0 Å². The van der Waals surface area contributed by atoms with Gasteiger partial charge in [0.2, 0.25) is 0 Å². The van der Waals surface area contributed by atoms with Crippen LogP contribution < -0.4 is 0 Å². The quantitative estimate of drug-likeness (QED) is 0.758. The Labute approximate surface area is 154 Å². The lowest BCUT2D eigenvalue weighted by molar-refractivity contribution is 0.0782. The molecule has 1 saturated heterocycles. The Kier molecular flexibility index (Phi) is 4.76. The van der Waals surface area contributed by atoms with Crippen LogP contribution in [-0.2, 0) is 0 Å². The lowest BCUT2D eigenvalue weighted by Crippen LogP contribution is -2.35. The van der Waals surface area contributed by atoms with E-state index in [0.29, 0.717) is 0 Å². The molecule has 4 nitrogen and oxygen atoms in total. The maximum Gasteiger partial charge on any atom is 0.253 e. The average Bonchev–Trinajstić information content (AvgIpc) is 3.36. The van der Waals surface area contributed by atoms with E-state index in [1.165, 1.54) is 36.9 Å². The summed E-state index contributed by atoms with van der Waals surface area (Å²) in [4.78, 5) is 20.1. The fraction of sp³-hybridized carbons (Fsp3) is 0.318. The third-order valence-electron chi connectivity index (χ3n) is 5.32. The van der Waals surface area contributed by atoms with Crippen molar-refractivity contribution in [2.75, 3.05) is 33.2 Å². The number of aromatic nitrogens is 1. The molecule has 1 aliphatic heterocycles. The van der Waals surface area contributed by atoms with E-state index in [2.05, 4.69) is 34.1 Å². The summed E-state index contributed by atoms with van der Waals surface area (Å²) in [5, 5.41) is 1.20. The van der Waals surface area contributed by atoms with Gasteiger partial charge in [0.15, 0.2) is 0 Å². The maximum atomic E-state index is 12.6. The van der Waals surface area contributed by atoms with Gasteiger partial charge in [-0.05, 0) is 72.8 Å². The van der Waals surface area contributed by atoms with E-state index in [1.54, 1.807) is 0 Å². The van der Waals surface area contributed by atoms with Gasteiger partial charge in [0.05, 0.1) is 0 Å². The van der Waals surface area contributed by atoms with Crippen molar-refractivity contribution in [2.24, 2.45) is 0 Å². The number of fused-ring (bicyclic) bond motifs is 1. The molecule has 134 valence electrons. The molecule has 1 fully saturated rings. The molecule has 0 bridgehead atoms. The van der Waals surface area contributed by atoms with Crippen molar-refractivity contribution < 1.29 is 4.79 Å². The smallest absolute Gasteiger partial charge is 0.253 e. The number of aromatic amines is 1. The highest BCUT2D eigenvalue weighted by Crippen LogP contribution is 2.24. The summed E-state index contributed by atoms with van der Waals surface area (Å²) in [6.45, 7) is 4.09. The first-order chi connectivity index (χ1) is 12.7. The number of hydrogen-bond donors (Lipinski definition) is 1. The molecule has 0 saturated carbocycles. The lowest BCUT2D eigenvalue weighted by atomic mass is 10.0. The van der Waals surface area contributed by atoms with E-state index in [1.807, 2.05) is 42.4 Å². The zero-order chi connectivity index (χ0) is 17.9. The Morgan fingerprint density at radius 2 is 1.77 bits per heavy atom. The molecule has 1 aromatic heterocycles. The van der Waals surface area contributed by atoms with E-state index in [-0.39, 0.29) is 5.91 Å². The zero-order valence-corrected chi connectivity index (χ0v) is 15.2. The van der Waals surface area contributed by atoms with Crippen LogP contribution in [0.15, 0.2) is 54.7 Å². The first-order valence-corrected chi connectivity index (χ1v) is 9.36. The van der Waals surface area contributed by atoms with Gasteiger partial charge in [0.25, 0.3) is 5.91 Å². The Hall–Kier alpha value is -2.59. The number of benzene rings is 2. The van der Waals surface area contributed by atoms with Crippen molar-refractivity contribution in [3.05, 3.63) is 60.3 Å². The molecule has 0 unspecified atom stereocenters. The number of nitrogens with one attached hydrogen (secondary N) is 1. The predicted molar refractivity (Wildman–Crippen MR) is 106 cm³/mol. The summed E-state index contributed by atoms with van der Waals surface area (Å²) < 4.78 is 0. The average molecular weight is 347 g/mol. The van der Waals surface area contributed by atoms with Gasteiger partial charge in [0, 0.05) is 37.4 Å².